The van der Waals surface area contributed by atoms with Gasteiger partial charge in [-0.1, -0.05) is 6.07 Å². The SMILES string of the molecule is Cc1ccc(C(F)(F)F)cc1NC(=O)C1CCCC1O. The molecule has 20 heavy (non-hydrogen) atoms. The van der Waals surface area contributed by atoms with Gasteiger partial charge in [0.25, 0.3) is 0 Å². The largest absolute Gasteiger partial charge is 0.416 e. The van der Waals surface area contributed by atoms with Crippen LogP contribution in [0.1, 0.15) is 30.4 Å². The first-order valence-corrected chi connectivity index (χ1v) is 6.46. The van der Waals surface area contributed by atoms with E-state index in [1.807, 2.05) is 0 Å². The number of aryl methyl sites for hydroxylation is 1. The zero-order valence-corrected chi connectivity index (χ0v) is 11.0. The third-order valence-corrected chi connectivity index (χ3v) is 3.64. The second-order valence-corrected chi connectivity index (χ2v) is 5.12. The van der Waals surface area contributed by atoms with Gasteiger partial charge in [0.2, 0.25) is 5.91 Å². The molecule has 1 saturated carbocycles. The Labute approximate surface area is 114 Å². The molecule has 0 bridgehead atoms. The minimum atomic E-state index is -4.44. The number of aliphatic hydroxyl groups is 1. The van der Waals surface area contributed by atoms with E-state index in [2.05, 4.69) is 5.32 Å². The van der Waals surface area contributed by atoms with Crippen molar-refractivity contribution in [3.8, 4) is 0 Å². The Bertz CT molecular complexity index is 514. The van der Waals surface area contributed by atoms with Crippen LogP contribution in [-0.2, 0) is 11.0 Å². The van der Waals surface area contributed by atoms with Gasteiger partial charge in [-0.05, 0) is 43.9 Å². The predicted octanol–water partition coefficient (Wildman–Crippen LogP) is 3.11. The van der Waals surface area contributed by atoms with Crippen LogP contribution in [0.2, 0.25) is 0 Å². The molecule has 0 spiro atoms. The van der Waals surface area contributed by atoms with E-state index in [0.717, 1.165) is 18.6 Å². The van der Waals surface area contributed by atoms with Gasteiger partial charge in [-0.3, -0.25) is 4.79 Å². The van der Waals surface area contributed by atoms with Crippen LogP contribution in [0.15, 0.2) is 18.2 Å². The van der Waals surface area contributed by atoms with Crippen molar-refractivity contribution in [1.82, 2.24) is 0 Å². The highest BCUT2D eigenvalue weighted by molar-refractivity contribution is 5.93. The Hall–Kier alpha value is -1.56. The maximum Gasteiger partial charge on any atom is 0.416 e. The third kappa shape index (κ3) is 3.12. The van der Waals surface area contributed by atoms with Gasteiger partial charge < -0.3 is 10.4 Å². The molecule has 2 N–H and O–H groups in total. The van der Waals surface area contributed by atoms with E-state index < -0.39 is 29.7 Å². The lowest BCUT2D eigenvalue weighted by atomic mass is 10.0. The predicted molar refractivity (Wildman–Crippen MR) is 68.2 cm³/mol. The summed E-state index contributed by atoms with van der Waals surface area (Å²) in [7, 11) is 0. The van der Waals surface area contributed by atoms with E-state index in [-0.39, 0.29) is 5.69 Å². The Morgan fingerprint density at radius 3 is 2.60 bits per heavy atom. The molecule has 1 aromatic carbocycles. The van der Waals surface area contributed by atoms with E-state index in [1.165, 1.54) is 6.07 Å². The number of hydrogen-bond acceptors (Lipinski definition) is 2. The topological polar surface area (TPSA) is 49.3 Å². The van der Waals surface area contributed by atoms with E-state index in [1.54, 1.807) is 6.92 Å². The summed E-state index contributed by atoms with van der Waals surface area (Å²) >= 11 is 0. The minimum absolute atomic E-state index is 0.143. The summed E-state index contributed by atoms with van der Waals surface area (Å²) < 4.78 is 37.9. The van der Waals surface area contributed by atoms with Crippen molar-refractivity contribution in [3.05, 3.63) is 29.3 Å². The molecule has 0 aromatic heterocycles. The van der Waals surface area contributed by atoms with Crippen molar-refractivity contribution in [2.45, 2.75) is 38.5 Å². The van der Waals surface area contributed by atoms with E-state index >= 15 is 0 Å². The normalized spacial score (nSPS) is 22.9. The van der Waals surface area contributed by atoms with Gasteiger partial charge in [0.15, 0.2) is 0 Å². The first kappa shape index (κ1) is 14.8. The van der Waals surface area contributed by atoms with Gasteiger partial charge >= 0.3 is 6.18 Å². The smallest absolute Gasteiger partial charge is 0.392 e. The van der Waals surface area contributed by atoms with Gasteiger partial charge in [0.1, 0.15) is 0 Å². The molecule has 1 amide bonds. The molecule has 2 unspecified atom stereocenters. The molecule has 3 nitrogen and oxygen atoms in total. The summed E-state index contributed by atoms with van der Waals surface area (Å²) in [6, 6.07) is 3.23. The lowest BCUT2D eigenvalue weighted by molar-refractivity contribution is -0.137. The zero-order valence-electron chi connectivity index (χ0n) is 11.0. The first-order valence-electron chi connectivity index (χ1n) is 6.46. The Kier molecular flexibility index (Phi) is 4.04. The summed E-state index contributed by atoms with van der Waals surface area (Å²) in [5.41, 5.74) is -0.104. The van der Waals surface area contributed by atoms with Gasteiger partial charge in [-0.15, -0.1) is 0 Å². The lowest BCUT2D eigenvalue weighted by Gasteiger charge is -2.17. The van der Waals surface area contributed by atoms with E-state index in [4.69, 9.17) is 0 Å². The Morgan fingerprint density at radius 1 is 1.35 bits per heavy atom. The highest BCUT2D eigenvalue weighted by Gasteiger charge is 2.33. The number of aliphatic hydroxyl groups excluding tert-OH is 1. The molecule has 2 atom stereocenters. The summed E-state index contributed by atoms with van der Waals surface area (Å²) in [6.45, 7) is 1.63. The summed E-state index contributed by atoms with van der Waals surface area (Å²) in [6.07, 6.45) is -3.29. The van der Waals surface area contributed by atoms with Crippen molar-refractivity contribution in [2.75, 3.05) is 5.32 Å². The highest BCUT2D eigenvalue weighted by atomic mass is 19.4. The van der Waals surface area contributed by atoms with Crippen LogP contribution in [0.25, 0.3) is 0 Å². The van der Waals surface area contributed by atoms with E-state index in [0.29, 0.717) is 18.4 Å². The monoisotopic (exact) mass is 287 g/mol. The molecule has 1 aromatic rings. The van der Waals surface area contributed by atoms with Crippen LogP contribution in [0, 0.1) is 12.8 Å². The first-order chi connectivity index (χ1) is 9.29. The van der Waals surface area contributed by atoms with Gasteiger partial charge in [-0.2, -0.15) is 13.2 Å². The van der Waals surface area contributed by atoms with Crippen molar-refractivity contribution in [1.29, 1.82) is 0 Å². The molecule has 0 aliphatic heterocycles. The van der Waals surface area contributed by atoms with Crippen molar-refractivity contribution in [3.63, 3.8) is 0 Å². The number of rotatable bonds is 2. The number of hydrogen-bond donors (Lipinski definition) is 2. The second kappa shape index (κ2) is 5.44. The van der Waals surface area contributed by atoms with Gasteiger partial charge in [-0.25, -0.2) is 0 Å². The number of carbonyl (C=O) groups is 1. The summed E-state index contributed by atoms with van der Waals surface area (Å²) in [4.78, 5) is 12.0. The number of benzene rings is 1. The lowest BCUT2D eigenvalue weighted by Crippen LogP contribution is -2.29. The number of carbonyl (C=O) groups excluding carboxylic acids is 1. The van der Waals surface area contributed by atoms with Crippen LogP contribution >= 0.6 is 0 Å². The molecule has 0 saturated heterocycles. The molecule has 6 heteroatoms. The van der Waals surface area contributed by atoms with Crippen LogP contribution in [-0.4, -0.2) is 17.1 Å². The average molecular weight is 287 g/mol. The minimum Gasteiger partial charge on any atom is -0.392 e. The number of amides is 1. The zero-order chi connectivity index (χ0) is 14.9. The molecule has 1 aliphatic carbocycles. The van der Waals surface area contributed by atoms with Crippen LogP contribution in [0.3, 0.4) is 0 Å². The number of alkyl halides is 3. The van der Waals surface area contributed by atoms with Crippen LogP contribution in [0.5, 0.6) is 0 Å². The van der Waals surface area contributed by atoms with E-state index in [9.17, 15) is 23.1 Å². The fourth-order valence-corrected chi connectivity index (χ4v) is 2.40. The number of anilines is 1. The van der Waals surface area contributed by atoms with Gasteiger partial charge in [0, 0.05) is 5.69 Å². The third-order valence-electron chi connectivity index (χ3n) is 3.64. The molecular formula is C14H16F3NO2. The molecule has 110 valence electrons. The molecule has 1 fully saturated rings. The number of nitrogens with one attached hydrogen (secondary N) is 1. The van der Waals surface area contributed by atoms with Gasteiger partial charge in [0.05, 0.1) is 17.6 Å². The fraction of sp³-hybridized carbons (Fsp3) is 0.500. The second-order valence-electron chi connectivity index (χ2n) is 5.12. The summed E-state index contributed by atoms with van der Waals surface area (Å²) in [5.74, 6) is -0.957. The highest BCUT2D eigenvalue weighted by Crippen LogP contribution is 2.33. The maximum atomic E-state index is 12.6. The van der Waals surface area contributed by atoms with Crippen molar-refractivity contribution >= 4 is 11.6 Å². The number of halogens is 3. The fourth-order valence-electron chi connectivity index (χ4n) is 2.40. The molecule has 0 heterocycles. The van der Waals surface area contributed by atoms with Crippen molar-refractivity contribution < 1.29 is 23.1 Å². The Balaban J connectivity index is 2.18. The molecular weight excluding hydrogens is 271 g/mol. The molecule has 2 rings (SSSR count). The standard InChI is InChI=1S/C14H16F3NO2/c1-8-5-6-9(14(15,16)17)7-11(8)18-13(20)10-3-2-4-12(10)19/h5-7,10,12,19H,2-4H2,1H3,(H,18,20). The van der Waals surface area contributed by atoms with Crippen LogP contribution in [0.4, 0.5) is 18.9 Å². The van der Waals surface area contributed by atoms with Crippen LogP contribution < -0.4 is 5.32 Å². The average Bonchev–Trinajstić information content (AvgIpc) is 2.77. The molecule has 0 radical (unpaired) electrons. The summed E-state index contributed by atoms with van der Waals surface area (Å²) in [5, 5.41) is 12.1. The Morgan fingerprint density at radius 2 is 2.05 bits per heavy atom. The van der Waals surface area contributed by atoms with Crippen molar-refractivity contribution in [2.24, 2.45) is 5.92 Å². The molecule has 1 aliphatic rings. The quantitative estimate of drug-likeness (QED) is 0.878. The maximum absolute atomic E-state index is 12.6.